The standard InChI is InChI=1S/C46H92O2.3C2H4O2/c1-7-13-18-23-30-37-45(38-31-24-19-14-8-2,39-32-25-20-15-9-3)40-33-28-29-36-43-46(44(47)48-12-6,41-34-26-21-16-10-4)42-35-27-22-17-11-5;3*1-2(3)4/h7-43H2,1-6H3;3*1H3,(H,3,4). The third kappa shape index (κ3) is 50.2. The van der Waals surface area contributed by atoms with Crippen LogP contribution in [-0.4, -0.2) is 45.8 Å². The van der Waals surface area contributed by atoms with Crippen molar-refractivity contribution in [3.8, 4) is 0 Å². The highest BCUT2D eigenvalue weighted by Gasteiger charge is 2.38. The highest BCUT2D eigenvalue weighted by molar-refractivity contribution is 5.76. The topological polar surface area (TPSA) is 138 Å². The van der Waals surface area contributed by atoms with Gasteiger partial charge in [0.25, 0.3) is 17.9 Å². The number of carboxylic acid groups (broad SMARTS) is 3. The zero-order chi connectivity index (χ0) is 46.2. The second kappa shape index (κ2) is 49.5. The molecule has 0 unspecified atom stereocenters. The first-order chi connectivity index (χ1) is 28.7. The van der Waals surface area contributed by atoms with Crippen LogP contribution in [0.2, 0.25) is 0 Å². The van der Waals surface area contributed by atoms with Crippen molar-refractivity contribution in [3.63, 3.8) is 0 Å². The molecule has 0 heterocycles. The highest BCUT2D eigenvalue weighted by atomic mass is 16.5. The molecule has 0 aliphatic heterocycles. The lowest BCUT2D eigenvalue weighted by Crippen LogP contribution is -2.33. The molecule has 0 atom stereocenters. The molecule has 8 nitrogen and oxygen atoms in total. The molecule has 0 radical (unpaired) electrons. The maximum Gasteiger partial charge on any atom is 0.312 e. The van der Waals surface area contributed by atoms with Crippen molar-refractivity contribution in [1.82, 2.24) is 0 Å². The summed E-state index contributed by atoms with van der Waals surface area (Å²) in [6, 6.07) is 0. The van der Waals surface area contributed by atoms with Crippen molar-refractivity contribution < 1.29 is 39.2 Å². The Morgan fingerprint density at radius 3 is 0.700 bits per heavy atom. The molecule has 0 aliphatic rings. The van der Waals surface area contributed by atoms with Gasteiger partial charge in [-0.3, -0.25) is 19.2 Å². The predicted octanol–water partition coefficient (Wildman–Crippen LogP) is 16.9. The van der Waals surface area contributed by atoms with E-state index in [4.69, 9.17) is 34.4 Å². The molecule has 0 amide bonds. The number of carboxylic acids is 3. The Labute approximate surface area is 373 Å². The molecular weight excluding hydrogens is 753 g/mol. The lowest BCUT2D eigenvalue weighted by Gasteiger charge is -2.35. The van der Waals surface area contributed by atoms with E-state index < -0.39 is 17.9 Å². The summed E-state index contributed by atoms with van der Waals surface area (Å²) >= 11 is 0. The minimum atomic E-state index is -0.833. The molecule has 0 fully saturated rings. The summed E-state index contributed by atoms with van der Waals surface area (Å²) in [6.07, 6.45) is 48.1. The average Bonchev–Trinajstić information content (AvgIpc) is 3.18. The van der Waals surface area contributed by atoms with Gasteiger partial charge < -0.3 is 20.1 Å². The zero-order valence-electron chi connectivity index (χ0n) is 41.5. The molecule has 0 aromatic carbocycles. The van der Waals surface area contributed by atoms with Gasteiger partial charge in [-0.15, -0.1) is 0 Å². The van der Waals surface area contributed by atoms with Gasteiger partial charge >= 0.3 is 5.97 Å². The number of aliphatic carboxylic acids is 3. The first kappa shape index (κ1) is 64.5. The van der Waals surface area contributed by atoms with Crippen LogP contribution in [0.1, 0.15) is 293 Å². The number of ether oxygens (including phenoxy) is 1. The van der Waals surface area contributed by atoms with Crippen LogP contribution in [-0.2, 0) is 23.9 Å². The molecule has 0 saturated heterocycles. The van der Waals surface area contributed by atoms with Gasteiger partial charge in [0, 0.05) is 20.8 Å². The number of carbonyl (C=O) groups is 4. The van der Waals surface area contributed by atoms with E-state index in [1.54, 1.807) is 0 Å². The van der Waals surface area contributed by atoms with Crippen LogP contribution in [0.3, 0.4) is 0 Å². The Bertz CT molecular complexity index is 842. The van der Waals surface area contributed by atoms with Gasteiger partial charge in [0.1, 0.15) is 0 Å². The Balaban J connectivity index is -0.00000114. The lowest BCUT2D eigenvalue weighted by atomic mass is 9.70. The van der Waals surface area contributed by atoms with Crippen LogP contribution in [0, 0.1) is 10.8 Å². The number of esters is 1. The quantitative estimate of drug-likeness (QED) is 0.0410. The monoisotopic (exact) mass is 857 g/mol. The van der Waals surface area contributed by atoms with Crippen molar-refractivity contribution >= 4 is 23.9 Å². The van der Waals surface area contributed by atoms with Gasteiger partial charge in [0.05, 0.1) is 12.0 Å². The van der Waals surface area contributed by atoms with E-state index in [-0.39, 0.29) is 11.4 Å². The summed E-state index contributed by atoms with van der Waals surface area (Å²) in [5, 5.41) is 22.2. The summed E-state index contributed by atoms with van der Waals surface area (Å²) in [5.41, 5.74) is 0.337. The van der Waals surface area contributed by atoms with Crippen LogP contribution in [0.25, 0.3) is 0 Å². The van der Waals surface area contributed by atoms with E-state index in [2.05, 4.69) is 34.6 Å². The number of rotatable bonds is 39. The van der Waals surface area contributed by atoms with Crippen LogP contribution in [0.15, 0.2) is 0 Å². The largest absolute Gasteiger partial charge is 0.481 e. The Morgan fingerprint density at radius 1 is 0.333 bits per heavy atom. The Hall–Kier alpha value is -2.12. The summed E-state index contributed by atoms with van der Waals surface area (Å²) in [7, 11) is 0. The molecule has 3 N–H and O–H groups in total. The highest BCUT2D eigenvalue weighted by Crippen LogP contribution is 2.43. The van der Waals surface area contributed by atoms with Gasteiger partial charge in [-0.05, 0) is 57.3 Å². The average molecular weight is 857 g/mol. The Kier molecular flexibility index (Phi) is 53.3. The van der Waals surface area contributed by atoms with Crippen molar-refractivity contribution in [2.45, 2.75) is 293 Å². The SMILES string of the molecule is CC(=O)O.CC(=O)O.CC(=O)O.CCCCCCCC(CCCCCCC)(CCCCCCC)CCCCCCC(CCCCCCC)(CCCCCCC)C(=O)OCC. The summed E-state index contributed by atoms with van der Waals surface area (Å²) in [6.45, 7) is 17.4. The van der Waals surface area contributed by atoms with Gasteiger partial charge in [0.2, 0.25) is 0 Å². The van der Waals surface area contributed by atoms with E-state index in [0.717, 1.165) is 40.0 Å². The molecule has 0 aliphatic carbocycles. The predicted molar refractivity (Wildman–Crippen MR) is 256 cm³/mol. The van der Waals surface area contributed by atoms with Gasteiger partial charge in [-0.1, -0.05) is 221 Å². The second-order valence-corrected chi connectivity index (χ2v) is 17.8. The Morgan fingerprint density at radius 2 is 0.517 bits per heavy atom. The minimum absolute atomic E-state index is 0.129. The first-order valence-electron chi connectivity index (χ1n) is 25.4. The molecule has 0 aromatic rings. The van der Waals surface area contributed by atoms with E-state index in [0.29, 0.717) is 12.0 Å². The number of carbonyl (C=O) groups excluding carboxylic acids is 1. The second-order valence-electron chi connectivity index (χ2n) is 17.8. The molecule has 0 bridgehead atoms. The van der Waals surface area contributed by atoms with E-state index in [1.807, 2.05) is 6.92 Å². The normalized spacial score (nSPS) is 11.0. The van der Waals surface area contributed by atoms with Crippen molar-refractivity contribution in [3.05, 3.63) is 0 Å². The molecule has 60 heavy (non-hydrogen) atoms. The number of unbranched alkanes of at least 4 members (excludes halogenated alkanes) is 23. The first-order valence-corrected chi connectivity index (χ1v) is 25.4. The number of hydrogen-bond donors (Lipinski definition) is 3. The molecule has 0 saturated carbocycles. The van der Waals surface area contributed by atoms with Crippen LogP contribution in [0.5, 0.6) is 0 Å². The van der Waals surface area contributed by atoms with Crippen molar-refractivity contribution in [1.29, 1.82) is 0 Å². The summed E-state index contributed by atoms with van der Waals surface area (Å²) < 4.78 is 5.83. The van der Waals surface area contributed by atoms with E-state index in [9.17, 15) is 4.79 Å². The third-order valence-corrected chi connectivity index (χ3v) is 11.8. The van der Waals surface area contributed by atoms with Crippen LogP contribution < -0.4 is 0 Å². The fraction of sp³-hybridized carbons (Fsp3) is 0.923. The smallest absolute Gasteiger partial charge is 0.312 e. The maximum absolute atomic E-state index is 13.6. The molecule has 360 valence electrons. The molecule has 0 rings (SSSR count). The fourth-order valence-corrected chi connectivity index (χ4v) is 8.48. The van der Waals surface area contributed by atoms with Gasteiger partial charge in [0.15, 0.2) is 0 Å². The maximum atomic E-state index is 13.6. The van der Waals surface area contributed by atoms with Crippen LogP contribution >= 0.6 is 0 Å². The minimum Gasteiger partial charge on any atom is -0.481 e. The van der Waals surface area contributed by atoms with Crippen molar-refractivity contribution in [2.24, 2.45) is 10.8 Å². The van der Waals surface area contributed by atoms with E-state index >= 15 is 0 Å². The zero-order valence-corrected chi connectivity index (χ0v) is 41.5. The van der Waals surface area contributed by atoms with Crippen LogP contribution in [0.4, 0.5) is 0 Å². The van der Waals surface area contributed by atoms with Crippen molar-refractivity contribution in [2.75, 3.05) is 6.61 Å². The van der Waals surface area contributed by atoms with Gasteiger partial charge in [-0.2, -0.15) is 0 Å². The summed E-state index contributed by atoms with van der Waals surface area (Å²) in [5.74, 6) is -2.37. The van der Waals surface area contributed by atoms with E-state index in [1.165, 1.54) is 212 Å². The fourth-order valence-electron chi connectivity index (χ4n) is 8.48. The molecule has 0 spiro atoms. The molecular formula is C52H104O8. The molecule has 8 heteroatoms. The lowest BCUT2D eigenvalue weighted by molar-refractivity contribution is -0.157. The summed E-state index contributed by atoms with van der Waals surface area (Å²) in [4.78, 5) is 40.6. The van der Waals surface area contributed by atoms with Gasteiger partial charge in [-0.25, -0.2) is 0 Å². The third-order valence-electron chi connectivity index (χ3n) is 11.8. The molecule has 0 aromatic heterocycles. The number of hydrogen-bond acceptors (Lipinski definition) is 5.